The number of fused-ring (bicyclic) bond motifs is 1. The van der Waals surface area contributed by atoms with Crippen LogP contribution in [0.2, 0.25) is 0 Å². The van der Waals surface area contributed by atoms with Gasteiger partial charge in [0.2, 0.25) is 20.0 Å². The van der Waals surface area contributed by atoms with Crippen molar-refractivity contribution in [3.63, 3.8) is 0 Å². The number of carboxylic acids is 1. The summed E-state index contributed by atoms with van der Waals surface area (Å²) < 4.78 is 58.1. The summed E-state index contributed by atoms with van der Waals surface area (Å²) in [6.45, 7) is 7.50. The second-order valence-corrected chi connectivity index (χ2v) is 16.3. The van der Waals surface area contributed by atoms with Gasteiger partial charge in [0, 0.05) is 30.2 Å². The van der Waals surface area contributed by atoms with Crippen molar-refractivity contribution < 1.29 is 26.7 Å². The van der Waals surface area contributed by atoms with Crippen molar-refractivity contribution in [3.8, 4) is 6.19 Å². The molecule has 0 bridgehead atoms. The molecule has 12 nitrogen and oxygen atoms in total. The number of aliphatic imine (C=N–C) groups is 1. The number of nitrogens with one attached hydrogen (secondary N) is 3. The molecule has 0 unspecified atom stereocenters. The first kappa shape index (κ1) is 38.3. The average molecular weight is 721 g/mol. The summed E-state index contributed by atoms with van der Waals surface area (Å²) in [7, 11) is -8.13. The highest BCUT2D eigenvalue weighted by molar-refractivity contribution is 7.89. The Balaban J connectivity index is 1.55. The molecule has 0 radical (unpaired) electrons. The van der Waals surface area contributed by atoms with Crippen molar-refractivity contribution in [1.29, 1.82) is 5.26 Å². The van der Waals surface area contributed by atoms with E-state index in [2.05, 4.69) is 20.0 Å². The number of sulfonamides is 2. The maximum Gasteiger partial charge on any atom is 0.322 e. The smallest absolute Gasteiger partial charge is 0.322 e. The van der Waals surface area contributed by atoms with Crippen LogP contribution in [0.25, 0.3) is 10.9 Å². The molecule has 0 aliphatic carbocycles. The molecule has 0 fully saturated rings. The molecule has 2 atom stereocenters. The van der Waals surface area contributed by atoms with Crippen LogP contribution in [0.5, 0.6) is 0 Å². The number of benzene rings is 3. The minimum absolute atomic E-state index is 0.0260. The summed E-state index contributed by atoms with van der Waals surface area (Å²) in [5.74, 6) is -1.27. The average Bonchev–Trinajstić information content (AvgIpc) is 3.47. The number of unbranched alkanes of at least 4 members (excludes halogenated alkanes) is 1. The molecular formula is C36H44N6O6S2. The van der Waals surface area contributed by atoms with Crippen molar-refractivity contribution in [3.05, 3.63) is 95.7 Å². The number of para-hydroxylation sites is 1. The number of aromatic nitrogens is 1. The molecule has 4 N–H and O–H groups in total. The minimum Gasteiger partial charge on any atom is -0.480 e. The molecule has 14 heteroatoms. The number of aryl methyl sites for hydroxylation is 2. The van der Waals surface area contributed by atoms with Gasteiger partial charge < -0.3 is 10.1 Å². The molecule has 4 rings (SSSR count). The van der Waals surface area contributed by atoms with E-state index in [1.165, 1.54) is 24.3 Å². The highest BCUT2D eigenvalue weighted by Gasteiger charge is 2.36. The van der Waals surface area contributed by atoms with E-state index in [0.717, 1.165) is 31.9 Å². The van der Waals surface area contributed by atoms with E-state index in [4.69, 9.17) is 0 Å². The van der Waals surface area contributed by atoms with Crippen LogP contribution in [0.3, 0.4) is 0 Å². The monoisotopic (exact) mass is 720 g/mol. The van der Waals surface area contributed by atoms with Crippen molar-refractivity contribution in [2.75, 3.05) is 13.1 Å². The van der Waals surface area contributed by atoms with Gasteiger partial charge in [-0.25, -0.2) is 21.6 Å². The van der Waals surface area contributed by atoms with E-state index in [9.17, 15) is 32.0 Å². The molecule has 0 aliphatic heterocycles. The predicted molar refractivity (Wildman–Crippen MR) is 194 cm³/mol. The molecule has 0 saturated carbocycles. The van der Waals surface area contributed by atoms with Crippen LogP contribution in [0.1, 0.15) is 49.8 Å². The van der Waals surface area contributed by atoms with Crippen molar-refractivity contribution >= 4 is 42.8 Å². The zero-order valence-corrected chi connectivity index (χ0v) is 30.3. The third kappa shape index (κ3) is 9.79. The standard InChI is InChI=1S/C36H44N6O6S2/c1-25(2)23-42(50(47,48)30-18-14-27(4)15-19-30)34(36(43)44)11-7-8-20-38-35(40-24-37)33(21-28-22-39-32-10-6-5-9-31(28)32)41-49(45,46)29-16-12-26(3)13-17-29/h5-6,9-10,12-19,22,25,33-34,39,41H,7-8,11,20-21,23H2,1-4H3,(H,38,40)(H,43,44)/t33-,34-/m0/s1. The fourth-order valence-electron chi connectivity index (χ4n) is 5.62. The number of carboxylic acid groups (broad SMARTS) is 1. The van der Waals surface area contributed by atoms with E-state index in [-0.39, 0.29) is 47.5 Å². The van der Waals surface area contributed by atoms with Crippen LogP contribution >= 0.6 is 0 Å². The first-order chi connectivity index (χ1) is 23.7. The number of aliphatic carboxylic acids is 1. The van der Waals surface area contributed by atoms with Crippen molar-refractivity contribution in [2.24, 2.45) is 10.9 Å². The van der Waals surface area contributed by atoms with Crippen molar-refractivity contribution in [1.82, 2.24) is 19.3 Å². The topological polar surface area (TPSA) is 185 Å². The summed E-state index contributed by atoms with van der Waals surface area (Å²) in [5, 5.41) is 23.3. The van der Waals surface area contributed by atoms with Gasteiger partial charge in [-0.1, -0.05) is 67.4 Å². The lowest BCUT2D eigenvalue weighted by Gasteiger charge is -2.29. The van der Waals surface area contributed by atoms with Gasteiger partial charge in [-0.3, -0.25) is 15.1 Å². The minimum atomic E-state index is -4.10. The summed E-state index contributed by atoms with van der Waals surface area (Å²) in [4.78, 5) is 20.3. The Kier molecular flexibility index (Phi) is 12.9. The Hall–Kier alpha value is -4.55. The molecule has 0 amide bonds. The summed E-state index contributed by atoms with van der Waals surface area (Å²) >= 11 is 0. The highest BCUT2D eigenvalue weighted by Crippen LogP contribution is 2.24. The second kappa shape index (κ2) is 16.9. The summed E-state index contributed by atoms with van der Waals surface area (Å²) in [5.41, 5.74) is 3.47. The molecule has 4 aromatic rings. The largest absolute Gasteiger partial charge is 0.480 e. The molecule has 266 valence electrons. The number of rotatable bonds is 17. The van der Waals surface area contributed by atoms with Gasteiger partial charge in [-0.2, -0.15) is 9.57 Å². The predicted octanol–water partition coefficient (Wildman–Crippen LogP) is 5.11. The van der Waals surface area contributed by atoms with E-state index >= 15 is 0 Å². The second-order valence-electron chi connectivity index (χ2n) is 12.7. The third-order valence-electron chi connectivity index (χ3n) is 8.21. The quantitative estimate of drug-likeness (QED) is 0.0381. The summed E-state index contributed by atoms with van der Waals surface area (Å²) in [6, 6.07) is 18.1. The molecule has 0 aliphatic rings. The SMILES string of the molecule is Cc1ccc(S(=O)(=O)N[C@@H](Cc2c[nH]c3ccccc23)C(=NCCCC[C@@H](C(=O)O)N(CC(C)C)S(=O)(=O)c2ccc(C)cc2)NC#N)cc1. The third-order valence-corrected chi connectivity index (χ3v) is 11.6. The van der Waals surface area contributed by atoms with Gasteiger partial charge in [0.25, 0.3) is 0 Å². The first-order valence-electron chi connectivity index (χ1n) is 16.4. The summed E-state index contributed by atoms with van der Waals surface area (Å²) in [6.07, 6.45) is 4.52. The number of H-pyrrole nitrogens is 1. The molecular weight excluding hydrogens is 677 g/mol. The normalized spacial score (nSPS) is 13.7. The first-order valence-corrected chi connectivity index (χ1v) is 19.3. The fourth-order valence-corrected chi connectivity index (χ4v) is 8.60. The highest BCUT2D eigenvalue weighted by atomic mass is 32.2. The molecule has 1 heterocycles. The van der Waals surface area contributed by atoms with Crippen LogP contribution in [0, 0.1) is 31.2 Å². The lowest BCUT2D eigenvalue weighted by Crippen LogP contribution is -2.47. The van der Waals surface area contributed by atoms with Crippen molar-refractivity contribution in [2.45, 2.75) is 75.3 Å². The van der Waals surface area contributed by atoms with Gasteiger partial charge >= 0.3 is 5.97 Å². The van der Waals surface area contributed by atoms with Crippen LogP contribution < -0.4 is 10.0 Å². The van der Waals surface area contributed by atoms with Crippen LogP contribution in [0.15, 0.2) is 93.8 Å². The van der Waals surface area contributed by atoms with Gasteiger partial charge in [-0.15, -0.1) is 0 Å². The van der Waals surface area contributed by atoms with Crippen LogP contribution in [-0.4, -0.2) is 68.2 Å². The zero-order valence-electron chi connectivity index (χ0n) is 28.6. The van der Waals surface area contributed by atoms with E-state index < -0.39 is 38.1 Å². The van der Waals surface area contributed by atoms with E-state index in [1.54, 1.807) is 30.5 Å². The maximum atomic E-state index is 13.6. The van der Waals surface area contributed by atoms with Gasteiger partial charge in [0.1, 0.15) is 11.9 Å². The van der Waals surface area contributed by atoms with Gasteiger partial charge in [0.05, 0.1) is 15.8 Å². The van der Waals surface area contributed by atoms with Crippen LogP contribution in [-0.2, 0) is 31.3 Å². The van der Waals surface area contributed by atoms with E-state index in [0.29, 0.717) is 12.8 Å². The number of nitrogens with zero attached hydrogens (tertiary/aromatic N) is 3. The number of hydrogen-bond donors (Lipinski definition) is 4. The number of nitriles is 1. The molecule has 0 spiro atoms. The Labute approximate surface area is 294 Å². The molecule has 3 aromatic carbocycles. The lowest BCUT2D eigenvalue weighted by atomic mass is 10.0. The molecule has 1 aromatic heterocycles. The molecule has 50 heavy (non-hydrogen) atoms. The maximum absolute atomic E-state index is 13.6. The number of amidine groups is 1. The Bertz CT molecular complexity index is 2050. The fraction of sp³-hybridized carbons (Fsp3) is 0.361. The Morgan fingerprint density at radius 3 is 2.16 bits per heavy atom. The molecule has 0 saturated heterocycles. The zero-order chi connectivity index (χ0) is 36.5. The number of carbonyl (C=O) groups is 1. The van der Waals surface area contributed by atoms with Gasteiger partial charge in [-0.05, 0) is 81.3 Å². The number of aromatic amines is 1. The number of hydrogen-bond acceptors (Lipinski definition) is 7. The Morgan fingerprint density at radius 1 is 0.940 bits per heavy atom. The lowest BCUT2D eigenvalue weighted by molar-refractivity contribution is -0.141. The van der Waals surface area contributed by atoms with Gasteiger partial charge in [0.15, 0.2) is 6.19 Å². The van der Waals surface area contributed by atoms with E-state index in [1.807, 2.05) is 58.2 Å². The van der Waals surface area contributed by atoms with Crippen LogP contribution in [0.4, 0.5) is 0 Å². The Morgan fingerprint density at radius 2 is 1.56 bits per heavy atom.